The van der Waals surface area contributed by atoms with E-state index >= 15 is 0 Å². The van der Waals surface area contributed by atoms with E-state index in [1.54, 1.807) is 0 Å². The molecule has 0 aromatic carbocycles. The molecule has 1 unspecified atom stereocenters. The lowest BCUT2D eigenvalue weighted by molar-refractivity contribution is 0.219. The van der Waals surface area contributed by atoms with Gasteiger partial charge in [0.05, 0.1) is 5.69 Å². The Balaban J connectivity index is 2.48. The van der Waals surface area contributed by atoms with Crippen LogP contribution in [0.4, 0.5) is 0 Å². The summed E-state index contributed by atoms with van der Waals surface area (Å²) in [5.74, 6) is 0. The minimum absolute atomic E-state index is 0.582. The molecule has 0 bridgehead atoms. The third kappa shape index (κ3) is 5.15. The molecule has 0 aliphatic heterocycles. The van der Waals surface area contributed by atoms with Crippen molar-refractivity contribution in [2.24, 2.45) is 0 Å². The van der Waals surface area contributed by atoms with Crippen molar-refractivity contribution in [2.45, 2.75) is 46.2 Å². The lowest BCUT2D eigenvalue weighted by Gasteiger charge is -2.27. The van der Waals surface area contributed by atoms with Crippen LogP contribution in [0.1, 0.15) is 38.1 Å². The molecule has 0 spiro atoms. The average Bonchev–Trinajstić information content (AvgIpc) is 2.34. The maximum Gasteiger partial charge on any atom is 0.0547 e. The third-order valence-electron chi connectivity index (χ3n) is 3.26. The van der Waals surface area contributed by atoms with Gasteiger partial charge in [0, 0.05) is 24.8 Å². The Morgan fingerprint density at radius 2 is 2.11 bits per heavy atom. The SMILES string of the molecule is CCCNCC(CC)N(C)Cc1cccc(C)n1. The first-order chi connectivity index (χ1) is 8.67. The monoisotopic (exact) mass is 249 g/mol. The topological polar surface area (TPSA) is 28.2 Å². The van der Waals surface area contributed by atoms with Crippen molar-refractivity contribution in [1.82, 2.24) is 15.2 Å². The Hall–Kier alpha value is -0.930. The molecular formula is C15H27N3. The number of aryl methyl sites for hydroxylation is 1. The standard InChI is InChI=1S/C15H27N3/c1-5-10-16-11-15(6-2)18(4)12-14-9-7-8-13(3)17-14/h7-9,15-16H,5-6,10-12H2,1-4H3. The molecule has 1 rings (SSSR count). The summed E-state index contributed by atoms with van der Waals surface area (Å²) in [7, 11) is 2.19. The molecule has 0 radical (unpaired) electrons. The van der Waals surface area contributed by atoms with Crippen LogP contribution in [0.3, 0.4) is 0 Å². The van der Waals surface area contributed by atoms with Gasteiger partial charge in [0.2, 0.25) is 0 Å². The normalized spacial score (nSPS) is 12.9. The van der Waals surface area contributed by atoms with Gasteiger partial charge in [-0.05, 0) is 45.5 Å². The van der Waals surface area contributed by atoms with Crippen LogP contribution in [0.5, 0.6) is 0 Å². The fraction of sp³-hybridized carbons (Fsp3) is 0.667. The average molecular weight is 249 g/mol. The van der Waals surface area contributed by atoms with Gasteiger partial charge in [-0.25, -0.2) is 0 Å². The van der Waals surface area contributed by atoms with Crippen LogP contribution in [-0.2, 0) is 6.54 Å². The maximum atomic E-state index is 4.56. The highest BCUT2D eigenvalue weighted by atomic mass is 15.2. The van der Waals surface area contributed by atoms with Gasteiger partial charge in [-0.3, -0.25) is 9.88 Å². The highest BCUT2D eigenvalue weighted by Gasteiger charge is 2.12. The van der Waals surface area contributed by atoms with E-state index in [-0.39, 0.29) is 0 Å². The summed E-state index contributed by atoms with van der Waals surface area (Å²) in [6.45, 7) is 9.59. The van der Waals surface area contributed by atoms with Gasteiger partial charge in [0.15, 0.2) is 0 Å². The van der Waals surface area contributed by atoms with Gasteiger partial charge in [0.25, 0.3) is 0 Å². The Kier molecular flexibility index (Phi) is 6.91. The molecule has 0 aliphatic carbocycles. The zero-order valence-corrected chi connectivity index (χ0v) is 12.2. The lowest BCUT2D eigenvalue weighted by atomic mass is 10.2. The van der Waals surface area contributed by atoms with Crippen molar-refractivity contribution in [3.63, 3.8) is 0 Å². The Morgan fingerprint density at radius 1 is 1.33 bits per heavy atom. The van der Waals surface area contributed by atoms with Gasteiger partial charge in [-0.2, -0.15) is 0 Å². The minimum atomic E-state index is 0.582. The number of hydrogen-bond acceptors (Lipinski definition) is 3. The fourth-order valence-corrected chi connectivity index (χ4v) is 2.13. The summed E-state index contributed by atoms with van der Waals surface area (Å²) >= 11 is 0. The van der Waals surface area contributed by atoms with E-state index in [0.29, 0.717) is 6.04 Å². The molecule has 1 aromatic heterocycles. The Labute approximate surface area is 112 Å². The number of likely N-dealkylation sites (N-methyl/N-ethyl adjacent to an activating group) is 1. The quantitative estimate of drug-likeness (QED) is 0.718. The van der Waals surface area contributed by atoms with Crippen LogP contribution < -0.4 is 5.32 Å². The zero-order valence-electron chi connectivity index (χ0n) is 12.2. The molecule has 1 atom stereocenters. The van der Waals surface area contributed by atoms with E-state index in [0.717, 1.165) is 31.0 Å². The molecule has 1 aromatic rings. The predicted molar refractivity (Wildman–Crippen MR) is 77.7 cm³/mol. The van der Waals surface area contributed by atoms with E-state index in [1.165, 1.54) is 12.8 Å². The first-order valence-electron chi connectivity index (χ1n) is 7.00. The van der Waals surface area contributed by atoms with E-state index in [9.17, 15) is 0 Å². The molecule has 3 heteroatoms. The first kappa shape index (κ1) is 15.1. The van der Waals surface area contributed by atoms with Gasteiger partial charge in [-0.15, -0.1) is 0 Å². The molecule has 1 N–H and O–H groups in total. The third-order valence-corrected chi connectivity index (χ3v) is 3.26. The summed E-state index contributed by atoms with van der Waals surface area (Å²) in [4.78, 5) is 6.96. The molecule has 18 heavy (non-hydrogen) atoms. The van der Waals surface area contributed by atoms with E-state index < -0.39 is 0 Å². The summed E-state index contributed by atoms with van der Waals surface area (Å²) in [5.41, 5.74) is 2.25. The smallest absolute Gasteiger partial charge is 0.0547 e. The number of rotatable bonds is 8. The predicted octanol–water partition coefficient (Wildman–Crippen LogP) is 2.60. The molecule has 3 nitrogen and oxygen atoms in total. The van der Waals surface area contributed by atoms with Crippen molar-refractivity contribution in [2.75, 3.05) is 20.1 Å². The lowest BCUT2D eigenvalue weighted by Crippen LogP contribution is -2.39. The summed E-state index contributed by atoms with van der Waals surface area (Å²) in [5, 5.41) is 3.50. The highest BCUT2D eigenvalue weighted by Crippen LogP contribution is 2.07. The van der Waals surface area contributed by atoms with Crippen LogP contribution in [-0.4, -0.2) is 36.1 Å². The Morgan fingerprint density at radius 3 is 2.72 bits per heavy atom. The van der Waals surface area contributed by atoms with Gasteiger partial charge < -0.3 is 5.32 Å². The van der Waals surface area contributed by atoms with E-state index in [2.05, 4.69) is 48.2 Å². The number of aromatic nitrogens is 1. The minimum Gasteiger partial charge on any atom is -0.315 e. The number of pyridine rings is 1. The molecular weight excluding hydrogens is 222 g/mol. The molecule has 0 saturated carbocycles. The molecule has 0 saturated heterocycles. The number of nitrogens with one attached hydrogen (secondary N) is 1. The second-order valence-electron chi connectivity index (χ2n) is 4.95. The van der Waals surface area contributed by atoms with Crippen molar-refractivity contribution >= 4 is 0 Å². The van der Waals surface area contributed by atoms with Crippen LogP contribution in [0, 0.1) is 6.92 Å². The molecule has 0 aliphatic rings. The van der Waals surface area contributed by atoms with Crippen molar-refractivity contribution in [3.8, 4) is 0 Å². The van der Waals surface area contributed by atoms with Crippen molar-refractivity contribution in [3.05, 3.63) is 29.6 Å². The second kappa shape index (κ2) is 8.22. The number of hydrogen-bond donors (Lipinski definition) is 1. The van der Waals surface area contributed by atoms with Crippen LogP contribution >= 0.6 is 0 Å². The summed E-state index contributed by atoms with van der Waals surface area (Å²) in [6.07, 6.45) is 2.36. The summed E-state index contributed by atoms with van der Waals surface area (Å²) in [6, 6.07) is 6.82. The largest absolute Gasteiger partial charge is 0.315 e. The van der Waals surface area contributed by atoms with E-state index in [4.69, 9.17) is 0 Å². The van der Waals surface area contributed by atoms with Crippen LogP contribution in [0.25, 0.3) is 0 Å². The zero-order chi connectivity index (χ0) is 13.4. The van der Waals surface area contributed by atoms with Gasteiger partial charge in [-0.1, -0.05) is 19.9 Å². The number of nitrogens with zero attached hydrogens (tertiary/aromatic N) is 2. The van der Waals surface area contributed by atoms with Gasteiger partial charge in [0.1, 0.15) is 0 Å². The van der Waals surface area contributed by atoms with E-state index in [1.807, 2.05) is 13.0 Å². The molecule has 0 fully saturated rings. The molecule has 102 valence electrons. The Bertz CT molecular complexity index is 338. The summed E-state index contributed by atoms with van der Waals surface area (Å²) < 4.78 is 0. The van der Waals surface area contributed by atoms with Crippen molar-refractivity contribution in [1.29, 1.82) is 0 Å². The molecule has 0 amide bonds. The fourth-order valence-electron chi connectivity index (χ4n) is 2.13. The van der Waals surface area contributed by atoms with Crippen LogP contribution in [0.15, 0.2) is 18.2 Å². The second-order valence-corrected chi connectivity index (χ2v) is 4.95. The van der Waals surface area contributed by atoms with Crippen molar-refractivity contribution < 1.29 is 0 Å². The van der Waals surface area contributed by atoms with Crippen LogP contribution in [0.2, 0.25) is 0 Å². The highest BCUT2D eigenvalue weighted by molar-refractivity contribution is 5.09. The molecule has 1 heterocycles. The first-order valence-corrected chi connectivity index (χ1v) is 7.00. The maximum absolute atomic E-state index is 4.56. The van der Waals surface area contributed by atoms with Gasteiger partial charge >= 0.3 is 0 Å².